The second-order valence-corrected chi connectivity index (χ2v) is 10.0. The maximum absolute atomic E-state index is 15.5. The van der Waals surface area contributed by atoms with E-state index in [0.717, 1.165) is 17.8 Å². The van der Waals surface area contributed by atoms with Crippen LogP contribution >= 0.6 is 0 Å². The molecule has 1 N–H and O–H groups in total. The SMILES string of the molecule is Cn1cc(CC(=O)N[C@H]2CC[C@](F)(CCN3CCc4ccc(OCC(F)(F)F)nc4CC3)CC2)c(F)n1. The van der Waals surface area contributed by atoms with E-state index in [-0.39, 0.29) is 29.8 Å². The van der Waals surface area contributed by atoms with Crippen molar-refractivity contribution >= 4 is 5.91 Å². The van der Waals surface area contributed by atoms with E-state index in [9.17, 15) is 22.4 Å². The number of carbonyl (C=O) groups excluding carboxylic acids is 1. The highest BCUT2D eigenvalue weighted by Gasteiger charge is 2.36. The van der Waals surface area contributed by atoms with E-state index in [4.69, 9.17) is 4.74 Å². The Balaban J connectivity index is 1.20. The van der Waals surface area contributed by atoms with E-state index in [1.165, 1.54) is 16.9 Å². The van der Waals surface area contributed by atoms with Gasteiger partial charge in [-0.15, -0.1) is 5.10 Å². The first-order chi connectivity index (χ1) is 17.5. The minimum atomic E-state index is -4.42. The molecule has 0 radical (unpaired) electrons. The Morgan fingerprint density at radius 1 is 1.22 bits per heavy atom. The number of halogens is 5. The summed E-state index contributed by atoms with van der Waals surface area (Å²) in [6, 6.07) is 3.08. The molecular formula is C25H32F5N5O2. The van der Waals surface area contributed by atoms with Crippen LogP contribution in [0.25, 0.3) is 0 Å². The normalized spacial score (nSPS) is 22.8. The number of nitrogens with one attached hydrogen (secondary N) is 1. The predicted molar refractivity (Wildman–Crippen MR) is 125 cm³/mol. The van der Waals surface area contributed by atoms with Crippen molar-refractivity contribution in [2.24, 2.45) is 7.05 Å². The molecule has 1 aliphatic heterocycles. The summed E-state index contributed by atoms with van der Waals surface area (Å²) in [4.78, 5) is 18.7. The molecule has 0 saturated heterocycles. The molecule has 1 amide bonds. The van der Waals surface area contributed by atoms with Crippen molar-refractivity contribution in [3.8, 4) is 5.88 Å². The zero-order valence-electron chi connectivity index (χ0n) is 20.8. The fraction of sp³-hybridized carbons (Fsp3) is 0.640. The molecule has 2 aliphatic rings. The summed E-state index contributed by atoms with van der Waals surface area (Å²) in [5, 5.41) is 6.48. The summed E-state index contributed by atoms with van der Waals surface area (Å²) in [7, 11) is 1.58. The standard InChI is InChI=1S/C25H32F5N5O2/c1-34-15-18(23(26)33-34)14-21(36)31-19-4-8-24(27,9-5-19)10-13-35-11-6-17-2-3-22(32-20(17)7-12-35)37-16-25(28,29)30/h2-3,15,19H,4-14,16H2,1H3,(H,31,36)/t19-,24+. The Hall–Kier alpha value is -2.76. The van der Waals surface area contributed by atoms with Crippen molar-refractivity contribution < 1.29 is 31.5 Å². The van der Waals surface area contributed by atoms with E-state index in [1.54, 1.807) is 13.1 Å². The van der Waals surface area contributed by atoms with Crippen molar-refractivity contribution in [2.75, 3.05) is 26.2 Å². The molecule has 0 aromatic carbocycles. The van der Waals surface area contributed by atoms with Crippen molar-refractivity contribution in [2.45, 2.75) is 69.3 Å². The minimum absolute atomic E-state index is 0.0401. The van der Waals surface area contributed by atoms with Gasteiger partial charge in [-0.1, -0.05) is 6.07 Å². The lowest BCUT2D eigenvalue weighted by atomic mass is 9.81. The van der Waals surface area contributed by atoms with E-state index >= 15 is 4.39 Å². The number of hydrogen-bond acceptors (Lipinski definition) is 5. The molecule has 7 nitrogen and oxygen atoms in total. The first-order valence-corrected chi connectivity index (χ1v) is 12.5. The molecule has 0 bridgehead atoms. The molecule has 2 aromatic rings. The van der Waals surface area contributed by atoms with Crippen LogP contribution in [0.3, 0.4) is 0 Å². The minimum Gasteiger partial charge on any atom is -0.468 e. The second-order valence-electron chi connectivity index (χ2n) is 10.0. The quantitative estimate of drug-likeness (QED) is 0.529. The number of pyridine rings is 1. The summed E-state index contributed by atoms with van der Waals surface area (Å²) in [5.74, 6) is -0.999. The largest absolute Gasteiger partial charge is 0.468 e. The lowest BCUT2D eigenvalue weighted by molar-refractivity contribution is -0.154. The lowest BCUT2D eigenvalue weighted by Crippen LogP contribution is -2.43. The van der Waals surface area contributed by atoms with Gasteiger partial charge in [0.05, 0.1) is 6.42 Å². The van der Waals surface area contributed by atoms with Gasteiger partial charge in [0.1, 0.15) is 5.67 Å². The van der Waals surface area contributed by atoms with E-state index in [2.05, 4.69) is 20.3 Å². The van der Waals surface area contributed by atoms with Crippen LogP contribution in [0.5, 0.6) is 5.88 Å². The molecule has 1 aliphatic carbocycles. The van der Waals surface area contributed by atoms with Gasteiger partial charge < -0.3 is 15.0 Å². The van der Waals surface area contributed by atoms with E-state index in [1.807, 2.05) is 0 Å². The Labute approximate surface area is 212 Å². The maximum Gasteiger partial charge on any atom is 0.422 e. The highest BCUT2D eigenvalue weighted by atomic mass is 19.4. The van der Waals surface area contributed by atoms with Gasteiger partial charge in [-0.2, -0.15) is 17.6 Å². The van der Waals surface area contributed by atoms with Gasteiger partial charge in [0.2, 0.25) is 17.7 Å². The number of ether oxygens (including phenoxy) is 1. The van der Waals surface area contributed by atoms with Crippen molar-refractivity contribution in [1.82, 2.24) is 25.0 Å². The average Bonchev–Trinajstić information content (AvgIpc) is 3.02. The van der Waals surface area contributed by atoms with Crippen LogP contribution in [0, 0.1) is 5.95 Å². The van der Waals surface area contributed by atoms with Crippen LogP contribution in [0.2, 0.25) is 0 Å². The molecule has 12 heteroatoms. The van der Waals surface area contributed by atoms with Crippen LogP contribution in [0.4, 0.5) is 22.0 Å². The molecule has 0 atom stereocenters. The predicted octanol–water partition coefficient (Wildman–Crippen LogP) is 3.70. The summed E-state index contributed by atoms with van der Waals surface area (Å²) in [6.45, 7) is 0.551. The van der Waals surface area contributed by atoms with Crippen molar-refractivity contribution in [3.05, 3.63) is 41.1 Å². The first-order valence-electron chi connectivity index (χ1n) is 12.5. The first kappa shape index (κ1) is 27.3. The van der Waals surface area contributed by atoms with Crippen molar-refractivity contribution in [3.63, 3.8) is 0 Å². The zero-order chi connectivity index (χ0) is 26.6. The highest BCUT2D eigenvalue weighted by Crippen LogP contribution is 2.35. The fourth-order valence-electron chi connectivity index (χ4n) is 5.04. The number of amides is 1. The summed E-state index contributed by atoms with van der Waals surface area (Å²) >= 11 is 0. The Morgan fingerprint density at radius 3 is 2.62 bits per heavy atom. The topological polar surface area (TPSA) is 72.3 Å². The van der Waals surface area contributed by atoms with Gasteiger partial charge in [-0.05, 0) is 44.1 Å². The number of alkyl halides is 4. The monoisotopic (exact) mass is 529 g/mol. The maximum atomic E-state index is 15.5. The number of aryl methyl sites for hydroxylation is 1. The van der Waals surface area contributed by atoms with Crippen LogP contribution in [0.1, 0.15) is 48.9 Å². The molecule has 0 unspecified atom stereocenters. The van der Waals surface area contributed by atoms with Crippen LogP contribution in [-0.4, -0.2) is 69.7 Å². The van der Waals surface area contributed by atoms with Gasteiger partial charge in [-0.3, -0.25) is 9.48 Å². The highest BCUT2D eigenvalue weighted by molar-refractivity contribution is 5.78. The number of rotatable bonds is 8. The molecule has 1 fully saturated rings. The fourth-order valence-corrected chi connectivity index (χ4v) is 5.04. The van der Waals surface area contributed by atoms with Gasteiger partial charge in [0.15, 0.2) is 6.61 Å². The third kappa shape index (κ3) is 7.86. The van der Waals surface area contributed by atoms with Gasteiger partial charge in [0.25, 0.3) is 0 Å². The number of aromatic nitrogens is 3. The summed E-state index contributed by atoms with van der Waals surface area (Å²) in [6.07, 6.45) is 0.302. The van der Waals surface area contributed by atoms with E-state index < -0.39 is 24.4 Å². The van der Waals surface area contributed by atoms with Gasteiger partial charge in [0, 0.05) is 62.7 Å². The Bertz CT molecular complexity index is 1080. The molecule has 204 valence electrons. The third-order valence-corrected chi connectivity index (χ3v) is 7.12. The van der Waals surface area contributed by atoms with E-state index in [0.29, 0.717) is 58.0 Å². The summed E-state index contributed by atoms with van der Waals surface area (Å²) in [5.41, 5.74) is 0.612. The van der Waals surface area contributed by atoms with Crippen molar-refractivity contribution in [1.29, 1.82) is 0 Å². The molecule has 37 heavy (non-hydrogen) atoms. The number of hydrogen-bond donors (Lipinski definition) is 1. The van der Waals surface area contributed by atoms with Gasteiger partial charge >= 0.3 is 6.18 Å². The smallest absolute Gasteiger partial charge is 0.422 e. The molecule has 1 saturated carbocycles. The lowest BCUT2D eigenvalue weighted by Gasteiger charge is -2.35. The van der Waals surface area contributed by atoms with Gasteiger partial charge in [-0.25, -0.2) is 9.37 Å². The number of carbonyl (C=O) groups is 1. The third-order valence-electron chi connectivity index (χ3n) is 7.12. The molecular weight excluding hydrogens is 497 g/mol. The molecule has 0 spiro atoms. The molecule has 2 aromatic heterocycles. The van der Waals surface area contributed by atoms with Crippen LogP contribution in [-0.2, 0) is 31.1 Å². The Morgan fingerprint density at radius 2 is 1.95 bits per heavy atom. The second kappa shape index (κ2) is 11.3. The number of nitrogens with zero attached hydrogens (tertiary/aromatic N) is 4. The summed E-state index contributed by atoms with van der Waals surface area (Å²) < 4.78 is 72.5. The van der Waals surface area contributed by atoms with Crippen LogP contribution in [0.15, 0.2) is 18.3 Å². The molecule has 3 heterocycles. The average molecular weight is 530 g/mol. The Kier molecular flexibility index (Phi) is 8.35. The van der Waals surface area contributed by atoms with Crippen LogP contribution < -0.4 is 10.1 Å². The number of fused-ring (bicyclic) bond motifs is 1. The molecule has 4 rings (SSSR count). The zero-order valence-corrected chi connectivity index (χ0v) is 20.8.